The number of hydrogen-bond acceptors (Lipinski definition) is 5. The van der Waals surface area contributed by atoms with Crippen LogP contribution in [0.2, 0.25) is 0 Å². The third-order valence-electron chi connectivity index (χ3n) is 6.14. The molecule has 170 valence electrons. The maximum Gasteiger partial charge on any atom is 0.237 e. The highest BCUT2D eigenvalue weighted by molar-refractivity contribution is 5.86. The zero-order chi connectivity index (χ0) is 22.7. The molecular weight excluding hydrogens is 409 g/mol. The Morgan fingerprint density at radius 2 is 2.12 bits per heavy atom. The fraction of sp³-hybridized carbons (Fsp3) is 0.417. The van der Waals surface area contributed by atoms with Gasteiger partial charge in [-0.1, -0.05) is 6.07 Å². The third kappa shape index (κ3) is 5.08. The Morgan fingerprint density at radius 1 is 1.34 bits per heavy atom. The van der Waals surface area contributed by atoms with Gasteiger partial charge >= 0.3 is 0 Å². The number of aryl methyl sites for hydroxylation is 1. The van der Waals surface area contributed by atoms with Gasteiger partial charge in [0.25, 0.3) is 0 Å². The molecule has 1 aliphatic rings. The van der Waals surface area contributed by atoms with E-state index in [2.05, 4.69) is 27.2 Å². The van der Waals surface area contributed by atoms with Crippen LogP contribution in [0.25, 0.3) is 11.0 Å². The Kier molecular flexibility index (Phi) is 6.72. The van der Waals surface area contributed by atoms with Crippen molar-refractivity contribution < 1.29 is 13.9 Å². The Morgan fingerprint density at radius 3 is 2.88 bits per heavy atom. The van der Waals surface area contributed by atoms with Crippen LogP contribution in [0.4, 0.5) is 4.39 Å². The van der Waals surface area contributed by atoms with Crippen molar-refractivity contribution in [2.45, 2.75) is 32.2 Å². The first kappa shape index (κ1) is 22.2. The fourth-order valence-corrected chi connectivity index (χ4v) is 4.13. The number of carbonyl (C=O) groups is 1. The molecule has 32 heavy (non-hydrogen) atoms. The number of nitrogens with one attached hydrogen (secondary N) is 2. The number of halogens is 1. The normalized spacial score (nSPS) is 16.2. The van der Waals surface area contributed by atoms with E-state index in [0.717, 1.165) is 36.9 Å². The number of nitrogens with zero attached hydrogens (tertiary/aromatic N) is 2. The number of nitrogens with two attached hydrogens (primary N) is 1. The van der Waals surface area contributed by atoms with Gasteiger partial charge in [0.1, 0.15) is 11.4 Å². The molecule has 1 saturated heterocycles. The van der Waals surface area contributed by atoms with Crippen molar-refractivity contribution in [3.63, 3.8) is 0 Å². The smallest absolute Gasteiger partial charge is 0.237 e. The highest BCUT2D eigenvalue weighted by Gasteiger charge is 2.20. The predicted octanol–water partition coefficient (Wildman–Crippen LogP) is 3.13. The molecule has 0 aliphatic carbocycles. The highest BCUT2D eigenvalue weighted by Crippen LogP contribution is 2.32. The molecule has 4 N–H and O–H groups in total. The van der Waals surface area contributed by atoms with E-state index in [9.17, 15) is 9.18 Å². The predicted molar refractivity (Wildman–Crippen MR) is 122 cm³/mol. The Hall–Kier alpha value is -2.97. The van der Waals surface area contributed by atoms with Crippen LogP contribution in [0.1, 0.15) is 24.0 Å². The van der Waals surface area contributed by atoms with Crippen molar-refractivity contribution in [2.24, 2.45) is 11.7 Å². The number of amides is 1. The molecule has 1 aromatic carbocycles. The molecule has 1 atom stereocenters. The molecule has 7 nitrogen and oxygen atoms in total. The van der Waals surface area contributed by atoms with E-state index in [-0.39, 0.29) is 18.1 Å². The summed E-state index contributed by atoms with van der Waals surface area (Å²) in [7, 11) is 2.11. The van der Waals surface area contributed by atoms with Crippen LogP contribution in [0.15, 0.2) is 36.7 Å². The molecule has 1 aliphatic heterocycles. The van der Waals surface area contributed by atoms with E-state index in [1.807, 2.05) is 13.1 Å². The number of rotatable bonds is 7. The summed E-state index contributed by atoms with van der Waals surface area (Å²) < 4.78 is 20.6. The topological polar surface area (TPSA) is 96.3 Å². The van der Waals surface area contributed by atoms with Crippen molar-refractivity contribution in [1.82, 2.24) is 20.2 Å². The molecular formula is C24H30FN5O2. The monoisotopic (exact) mass is 439 g/mol. The summed E-state index contributed by atoms with van der Waals surface area (Å²) >= 11 is 0. The van der Waals surface area contributed by atoms with Crippen molar-refractivity contribution in [3.8, 4) is 11.5 Å². The molecule has 3 heterocycles. The average Bonchev–Trinajstić information content (AvgIpc) is 3.16. The first-order valence-electron chi connectivity index (χ1n) is 11.0. The second-order valence-electron chi connectivity index (χ2n) is 8.67. The van der Waals surface area contributed by atoms with Gasteiger partial charge < -0.3 is 25.7 Å². The maximum absolute atomic E-state index is 14.7. The van der Waals surface area contributed by atoms with Crippen molar-refractivity contribution in [3.05, 3.63) is 53.6 Å². The van der Waals surface area contributed by atoms with Gasteiger partial charge in [0.05, 0.1) is 11.4 Å². The number of piperidine rings is 1. The fourth-order valence-electron chi connectivity index (χ4n) is 4.13. The van der Waals surface area contributed by atoms with Crippen LogP contribution in [0, 0.1) is 18.7 Å². The molecule has 4 rings (SSSR count). The summed E-state index contributed by atoms with van der Waals surface area (Å²) in [6.07, 6.45) is 5.86. The van der Waals surface area contributed by atoms with E-state index < -0.39 is 11.9 Å². The van der Waals surface area contributed by atoms with Crippen LogP contribution < -0.4 is 15.8 Å². The lowest BCUT2D eigenvalue weighted by Gasteiger charge is -2.29. The van der Waals surface area contributed by atoms with Crippen molar-refractivity contribution in [2.75, 3.05) is 26.7 Å². The Labute approximate surface area is 187 Å². The lowest BCUT2D eigenvalue weighted by molar-refractivity contribution is -0.122. The number of benzene rings is 1. The molecule has 0 saturated carbocycles. The van der Waals surface area contributed by atoms with Gasteiger partial charge in [0.15, 0.2) is 11.6 Å². The van der Waals surface area contributed by atoms with E-state index in [4.69, 9.17) is 10.5 Å². The molecule has 0 bridgehead atoms. The van der Waals surface area contributed by atoms with E-state index in [1.165, 1.54) is 6.07 Å². The number of hydrogen-bond donors (Lipinski definition) is 3. The van der Waals surface area contributed by atoms with Gasteiger partial charge in [0.2, 0.25) is 5.91 Å². The van der Waals surface area contributed by atoms with Gasteiger partial charge in [-0.15, -0.1) is 0 Å². The van der Waals surface area contributed by atoms with E-state index in [1.54, 1.807) is 24.4 Å². The summed E-state index contributed by atoms with van der Waals surface area (Å²) in [4.78, 5) is 22.0. The minimum absolute atomic E-state index is 0.113. The summed E-state index contributed by atoms with van der Waals surface area (Å²) in [6.45, 7) is 4.68. The lowest BCUT2D eigenvalue weighted by atomic mass is 9.97. The summed E-state index contributed by atoms with van der Waals surface area (Å²) in [5.74, 6) is 0.429. The molecule has 1 fully saturated rings. The van der Waals surface area contributed by atoms with Crippen molar-refractivity contribution >= 4 is 16.9 Å². The summed E-state index contributed by atoms with van der Waals surface area (Å²) in [6, 6.07) is 5.67. The number of carbonyl (C=O) groups excluding carboxylic acids is 1. The Balaban J connectivity index is 1.35. The number of aromatic amines is 1. The number of fused-ring (bicyclic) bond motifs is 1. The van der Waals surface area contributed by atoms with Gasteiger partial charge in [-0.25, -0.2) is 9.37 Å². The largest absolute Gasteiger partial charge is 0.453 e. The molecule has 0 radical (unpaired) electrons. The molecule has 0 spiro atoms. The van der Waals surface area contributed by atoms with Gasteiger partial charge in [0, 0.05) is 18.9 Å². The number of pyridine rings is 1. The molecule has 2 aromatic heterocycles. The first-order chi connectivity index (χ1) is 15.4. The van der Waals surface area contributed by atoms with Crippen LogP contribution in [0.3, 0.4) is 0 Å². The number of likely N-dealkylation sites (tertiary alicyclic amines) is 1. The van der Waals surface area contributed by atoms with Crippen molar-refractivity contribution in [1.29, 1.82) is 0 Å². The lowest BCUT2D eigenvalue weighted by Crippen LogP contribution is -2.45. The minimum Gasteiger partial charge on any atom is -0.453 e. The number of H-pyrrole nitrogens is 1. The summed E-state index contributed by atoms with van der Waals surface area (Å²) in [5, 5.41) is 3.77. The number of aromatic nitrogens is 2. The van der Waals surface area contributed by atoms with Crippen LogP contribution in [-0.4, -0.2) is 53.5 Å². The second-order valence-corrected chi connectivity index (χ2v) is 8.67. The van der Waals surface area contributed by atoms with Gasteiger partial charge in [-0.05, 0) is 81.6 Å². The van der Waals surface area contributed by atoms with Crippen LogP contribution in [-0.2, 0) is 11.2 Å². The van der Waals surface area contributed by atoms with E-state index in [0.29, 0.717) is 29.4 Å². The average molecular weight is 440 g/mol. The van der Waals surface area contributed by atoms with E-state index >= 15 is 0 Å². The molecule has 3 aromatic rings. The number of ether oxygens (including phenoxy) is 1. The zero-order valence-electron chi connectivity index (χ0n) is 18.5. The second kappa shape index (κ2) is 9.67. The maximum atomic E-state index is 14.7. The van der Waals surface area contributed by atoms with Crippen LogP contribution >= 0.6 is 0 Å². The molecule has 0 unspecified atom stereocenters. The zero-order valence-corrected chi connectivity index (χ0v) is 18.5. The van der Waals surface area contributed by atoms with Crippen LogP contribution in [0.5, 0.6) is 11.5 Å². The van der Waals surface area contributed by atoms with Gasteiger partial charge in [-0.3, -0.25) is 4.79 Å². The minimum atomic E-state index is -0.727. The molecule has 1 amide bonds. The first-order valence-corrected chi connectivity index (χ1v) is 11.0. The van der Waals surface area contributed by atoms with Gasteiger partial charge in [-0.2, -0.15) is 0 Å². The third-order valence-corrected chi connectivity index (χ3v) is 6.14. The standard InChI is InChI=1S/C24H30FN5O2/c1-15-13-28-23-22(15)21(5-8-27-23)32-20-4-3-17(11-18(20)25)12-19(26)24(31)29-14-16-6-9-30(2)10-7-16/h3-5,8,11,13,16,19H,6-7,9-10,12,14,26H2,1-2H3,(H,27,28)(H,29,31)/t19-/m0/s1. The summed E-state index contributed by atoms with van der Waals surface area (Å²) in [5.41, 5.74) is 8.39. The Bertz CT molecular complexity index is 1090. The highest BCUT2D eigenvalue weighted by atomic mass is 19.1. The molecule has 8 heteroatoms. The quantitative estimate of drug-likeness (QED) is 0.526. The SMILES string of the molecule is Cc1c[nH]c2nccc(Oc3ccc(C[C@H](N)C(=O)NCC4CCN(C)CC4)cc3F)c12.